The lowest BCUT2D eigenvalue weighted by Gasteiger charge is -2.47. The summed E-state index contributed by atoms with van der Waals surface area (Å²) in [4.78, 5) is 0.128. The van der Waals surface area contributed by atoms with Crippen LogP contribution in [0.4, 0.5) is 0 Å². The average Bonchev–Trinajstić information content (AvgIpc) is 1.20. The van der Waals surface area contributed by atoms with E-state index in [9.17, 15) is 0 Å². The van der Waals surface area contributed by atoms with Crippen molar-refractivity contribution in [1.29, 1.82) is 0 Å². The van der Waals surface area contributed by atoms with E-state index in [0.717, 1.165) is 0 Å². The summed E-state index contributed by atoms with van der Waals surface area (Å²) in [7, 11) is 0. The molecule has 1 fully saturated rings. The molecule has 0 aromatic heterocycles. The van der Waals surface area contributed by atoms with Crippen molar-refractivity contribution in [3.63, 3.8) is 0 Å². The van der Waals surface area contributed by atoms with Crippen molar-refractivity contribution in [2.75, 3.05) is 0 Å². The van der Waals surface area contributed by atoms with Crippen molar-refractivity contribution in [2.45, 2.75) is 38.5 Å². The third-order valence-electron chi connectivity index (χ3n) is 1.69. The summed E-state index contributed by atoms with van der Waals surface area (Å²) in [5.74, 6) is 0. The van der Waals surface area contributed by atoms with E-state index in [-0.39, 0.29) is 4.87 Å². The Labute approximate surface area is 56.2 Å². The molecule has 1 rings (SSSR count). The first kappa shape index (κ1) is 6.41. The van der Waals surface area contributed by atoms with Gasteiger partial charge in [-0.2, -0.15) is 0 Å². The van der Waals surface area contributed by atoms with Crippen LogP contribution in [0.3, 0.4) is 0 Å². The number of alkyl halides is 1. The van der Waals surface area contributed by atoms with Crippen molar-refractivity contribution in [1.82, 2.24) is 0 Å². The van der Waals surface area contributed by atoms with Gasteiger partial charge in [-0.25, -0.2) is 0 Å². The second-order valence-electron chi connectivity index (χ2n) is 3.93. The molecular weight excluding hydrogens is 120 g/mol. The highest BCUT2D eigenvalue weighted by Gasteiger charge is 2.43. The van der Waals surface area contributed by atoms with Gasteiger partial charge < -0.3 is 0 Å². The molecule has 1 heteroatoms. The third-order valence-corrected chi connectivity index (χ3v) is 1.96. The van der Waals surface area contributed by atoms with Crippen molar-refractivity contribution in [3.05, 3.63) is 0 Å². The second kappa shape index (κ2) is 1.41. The average molecular weight is 133 g/mol. The highest BCUT2D eigenvalue weighted by atomic mass is 35.5. The van der Waals surface area contributed by atoms with E-state index in [1.807, 2.05) is 0 Å². The van der Waals surface area contributed by atoms with Gasteiger partial charge in [-0.15, -0.1) is 11.6 Å². The Balaban J connectivity index is 2.42. The molecule has 0 atom stereocenters. The van der Waals surface area contributed by atoms with Crippen LogP contribution in [0.2, 0.25) is 0 Å². The van der Waals surface area contributed by atoms with Gasteiger partial charge in [0.1, 0.15) is 0 Å². The molecule has 0 spiro atoms. The highest BCUT2D eigenvalue weighted by molar-refractivity contribution is 6.24. The fraction of sp³-hybridized carbons (Fsp3) is 1.00. The summed E-state index contributed by atoms with van der Waals surface area (Å²) in [5, 5.41) is 0. The maximum absolute atomic E-state index is 5.99. The Morgan fingerprint density at radius 2 is 1.50 bits per heavy atom. The van der Waals surface area contributed by atoms with E-state index >= 15 is 0 Å². The van der Waals surface area contributed by atoms with Crippen LogP contribution in [0.25, 0.3) is 0 Å². The lowest BCUT2D eigenvalue weighted by molar-refractivity contribution is 0.134. The van der Waals surface area contributed by atoms with Crippen LogP contribution in [0, 0.1) is 5.41 Å². The van der Waals surface area contributed by atoms with Gasteiger partial charge in [-0.05, 0) is 25.2 Å². The van der Waals surface area contributed by atoms with Gasteiger partial charge in [0.25, 0.3) is 0 Å². The molecule has 1 saturated carbocycles. The Hall–Kier alpha value is 0.290. The number of hydrogen-bond acceptors (Lipinski definition) is 0. The van der Waals surface area contributed by atoms with E-state index < -0.39 is 0 Å². The summed E-state index contributed by atoms with van der Waals surface area (Å²) in [6.45, 7) is 6.63. The summed E-state index contributed by atoms with van der Waals surface area (Å²) >= 11 is 5.99. The van der Waals surface area contributed by atoms with Crippen molar-refractivity contribution in [3.8, 4) is 0 Å². The minimum atomic E-state index is 0.128. The molecule has 0 amide bonds. The van der Waals surface area contributed by atoms with E-state index in [2.05, 4.69) is 20.8 Å². The molecule has 0 saturated heterocycles. The molecule has 0 aromatic rings. The minimum absolute atomic E-state index is 0.128. The smallest absolute Gasteiger partial charge is 0.0429 e. The summed E-state index contributed by atoms with van der Waals surface area (Å²) in [6, 6.07) is 0. The largest absolute Gasteiger partial charge is 0.120 e. The zero-order valence-electron chi connectivity index (χ0n) is 5.79. The molecule has 48 valence electrons. The summed E-state index contributed by atoms with van der Waals surface area (Å²) < 4.78 is 0. The molecule has 8 heavy (non-hydrogen) atoms. The summed E-state index contributed by atoms with van der Waals surface area (Å²) in [6.07, 6.45) is 2.34. The maximum atomic E-state index is 5.99. The first-order valence-corrected chi connectivity index (χ1v) is 3.48. The highest BCUT2D eigenvalue weighted by Crippen LogP contribution is 2.51. The van der Waals surface area contributed by atoms with Crippen LogP contribution in [0.5, 0.6) is 0 Å². The SMILES string of the molecule is CC1(C)CC(C)(Cl)C1. The number of rotatable bonds is 0. The van der Waals surface area contributed by atoms with Gasteiger partial charge in [-0.1, -0.05) is 13.8 Å². The van der Waals surface area contributed by atoms with Crippen LogP contribution >= 0.6 is 11.6 Å². The van der Waals surface area contributed by atoms with Gasteiger partial charge in [-0.3, -0.25) is 0 Å². The predicted molar refractivity (Wildman–Crippen MR) is 37.3 cm³/mol. The number of halogens is 1. The van der Waals surface area contributed by atoms with Crippen molar-refractivity contribution < 1.29 is 0 Å². The van der Waals surface area contributed by atoms with Gasteiger partial charge in [0.15, 0.2) is 0 Å². The van der Waals surface area contributed by atoms with Gasteiger partial charge in [0, 0.05) is 4.87 Å². The zero-order valence-corrected chi connectivity index (χ0v) is 6.55. The number of hydrogen-bond donors (Lipinski definition) is 0. The first-order chi connectivity index (χ1) is 3.41. The fourth-order valence-corrected chi connectivity index (χ4v) is 2.67. The Bertz CT molecular complexity index is 81.0. The first-order valence-electron chi connectivity index (χ1n) is 3.10. The van der Waals surface area contributed by atoms with E-state index in [1.54, 1.807) is 0 Å². The molecule has 0 nitrogen and oxygen atoms in total. The van der Waals surface area contributed by atoms with Gasteiger partial charge in [0.05, 0.1) is 0 Å². The van der Waals surface area contributed by atoms with E-state index in [4.69, 9.17) is 11.6 Å². The standard InChI is InChI=1S/C7H13Cl/c1-6(2)4-7(3,8)5-6/h4-5H2,1-3H3. The second-order valence-corrected chi connectivity index (χ2v) is 4.84. The van der Waals surface area contributed by atoms with E-state index in [0.29, 0.717) is 5.41 Å². The van der Waals surface area contributed by atoms with Crippen LogP contribution in [-0.4, -0.2) is 4.87 Å². The monoisotopic (exact) mass is 132 g/mol. The van der Waals surface area contributed by atoms with Crippen LogP contribution in [0.15, 0.2) is 0 Å². The normalized spacial score (nSPS) is 31.5. The Kier molecular flexibility index (Phi) is 1.13. The van der Waals surface area contributed by atoms with Crippen molar-refractivity contribution in [2.24, 2.45) is 5.41 Å². The van der Waals surface area contributed by atoms with E-state index in [1.165, 1.54) is 12.8 Å². The lowest BCUT2D eigenvalue weighted by Crippen LogP contribution is -2.41. The predicted octanol–water partition coefficient (Wildman–Crippen LogP) is 2.80. The fourth-order valence-electron chi connectivity index (χ4n) is 1.94. The topological polar surface area (TPSA) is 0 Å². The molecule has 0 aliphatic heterocycles. The molecule has 0 unspecified atom stereocenters. The zero-order chi connectivity index (χ0) is 6.41. The molecule has 1 aliphatic rings. The summed E-state index contributed by atoms with van der Waals surface area (Å²) in [5.41, 5.74) is 0.524. The van der Waals surface area contributed by atoms with Gasteiger partial charge in [0.2, 0.25) is 0 Å². The van der Waals surface area contributed by atoms with Gasteiger partial charge >= 0.3 is 0 Å². The molecule has 0 radical (unpaired) electrons. The van der Waals surface area contributed by atoms with Crippen molar-refractivity contribution >= 4 is 11.6 Å². The Morgan fingerprint density at radius 3 is 1.50 bits per heavy atom. The van der Waals surface area contributed by atoms with Crippen LogP contribution in [-0.2, 0) is 0 Å². The van der Waals surface area contributed by atoms with Crippen LogP contribution in [0.1, 0.15) is 33.6 Å². The molecule has 0 N–H and O–H groups in total. The molecule has 1 aliphatic carbocycles. The quantitative estimate of drug-likeness (QED) is 0.445. The Morgan fingerprint density at radius 1 is 1.12 bits per heavy atom. The lowest BCUT2D eigenvalue weighted by atomic mass is 9.65. The minimum Gasteiger partial charge on any atom is -0.120 e. The molecular formula is C7H13Cl. The maximum Gasteiger partial charge on any atom is 0.0429 e. The third kappa shape index (κ3) is 1.17. The molecule has 0 aromatic carbocycles. The molecule has 0 heterocycles. The van der Waals surface area contributed by atoms with Crippen LogP contribution < -0.4 is 0 Å². The molecule has 0 bridgehead atoms.